The van der Waals surface area contributed by atoms with Gasteiger partial charge >= 0.3 is 17.1 Å². The predicted molar refractivity (Wildman–Crippen MR) is 120 cm³/mol. The minimum Gasteiger partial charge on any atom is -0.478 e. The minimum atomic E-state index is -1.18. The van der Waals surface area contributed by atoms with Crippen molar-refractivity contribution in [2.75, 3.05) is 12.0 Å². The summed E-state index contributed by atoms with van der Waals surface area (Å²) in [5.74, 6) is -2.60. The van der Waals surface area contributed by atoms with Gasteiger partial charge in [-0.3, -0.25) is 24.6 Å². The summed E-state index contributed by atoms with van der Waals surface area (Å²) in [6.45, 7) is 0.466. The lowest BCUT2D eigenvalue weighted by atomic mass is 9.98. The van der Waals surface area contributed by atoms with Gasteiger partial charge in [-0.2, -0.15) is 4.68 Å². The molecule has 0 spiro atoms. The number of nitrogens with one attached hydrogen (secondary N) is 4. The molecule has 11 nitrogen and oxygen atoms in total. The fourth-order valence-electron chi connectivity index (χ4n) is 3.89. The Kier molecular flexibility index (Phi) is 4.95. The van der Waals surface area contributed by atoms with Crippen molar-refractivity contribution in [1.29, 1.82) is 0 Å². The number of benzene rings is 1. The van der Waals surface area contributed by atoms with E-state index in [2.05, 4.69) is 21.0 Å². The van der Waals surface area contributed by atoms with E-state index in [9.17, 15) is 29.1 Å². The van der Waals surface area contributed by atoms with Gasteiger partial charge in [0.25, 0.3) is 11.7 Å². The number of H-pyrrole nitrogens is 1. The summed E-state index contributed by atoms with van der Waals surface area (Å²) in [6.07, 6.45) is 1.79. The second kappa shape index (κ2) is 7.83. The van der Waals surface area contributed by atoms with Crippen LogP contribution >= 0.6 is 11.3 Å². The number of carbonyl (C=O) groups is 3. The maximum atomic E-state index is 12.6. The van der Waals surface area contributed by atoms with Gasteiger partial charge in [-0.1, -0.05) is 18.2 Å². The third-order valence-corrected chi connectivity index (χ3v) is 6.74. The van der Waals surface area contributed by atoms with Crippen LogP contribution in [0.4, 0.5) is 5.00 Å². The van der Waals surface area contributed by atoms with Crippen molar-refractivity contribution >= 4 is 44.9 Å². The Morgan fingerprint density at radius 1 is 1.18 bits per heavy atom. The highest BCUT2D eigenvalue weighted by Gasteiger charge is 2.31. The Bertz CT molecular complexity index is 1480. The highest BCUT2D eigenvalue weighted by atomic mass is 32.1. The quantitative estimate of drug-likeness (QED) is 0.190. The molecule has 33 heavy (non-hydrogen) atoms. The standard InChI is InChI=1S/C21H17N5O6S/c27-16(12-7-23-13-4-2-1-3-10(12)13)17(28)24-6-9-5-11-14(8-22-9)33-18(15(11)21(31)32)25-26-19(29)20(26)30/h1-4,7,9,22-23,25H,5-6,8H2,(H,24,28)(H,31,32). The van der Waals surface area contributed by atoms with Gasteiger partial charge < -0.3 is 20.7 Å². The van der Waals surface area contributed by atoms with Crippen molar-refractivity contribution < 1.29 is 19.5 Å². The largest absolute Gasteiger partial charge is 0.478 e. The zero-order chi connectivity index (χ0) is 23.3. The normalized spacial score (nSPS) is 15.5. The number of aromatic amines is 1. The molecule has 0 aliphatic carbocycles. The fraction of sp³-hybridized carbons (Fsp3) is 0.190. The van der Waals surface area contributed by atoms with E-state index in [0.29, 0.717) is 23.9 Å². The van der Waals surface area contributed by atoms with E-state index in [4.69, 9.17) is 0 Å². The molecule has 1 amide bonds. The molecule has 168 valence electrons. The van der Waals surface area contributed by atoms with Gasteiger partial charge in [0, 0.05) is 41.1 Å². The summed E-state index contributed by atoms with van der Waals surface area (Å²) in [4.78, 5) is 63.2. The van der Waals surface area contributed by atoms with Gasteiger partial charge in [-0.25, -0.2) is 4.79 Å². The molecule has 1 unspecified atom stereocenters. The first-order chi connectivity index (χ1) is 15.8. The lowest BCUT2D eigenvalue weighted by Gasteiger charge is -2.24. The molecule has 0 saturated carbocycles. The number of nitrogens with zero attached hydrogens (tertiary/aromatic N) is 1. The molecule has 1 aliphatic rings. The van der Waals surface area contributed by atoms with Crippen LogP contribution in [0.5, 0.6) is 0 Å². The summed E-state index contributed by atoms with van der Waals surface area (Å²) in [5.41, 5.74) is 2.71. The molecule has 1 atom stereocenters. The third-order valence-electron chi connectivity index (χ3n) is 5.61. The van der Waals surface area contributed by atoms with Crippen LogP contribution < -0.4 is 27.2 Å². The number of carboxylic acid groups (broad SMARTS) is 1. The number of aromatic nitrogens is 2. The number of aromatic carboxylic acids is 1. The number of hydrogen-bond donors (Lipinski definition) is 5. The van der Waals surface area contributed by atoms with Gasteiger partial charge in [-0.15, -0.1) is 11.3 Å². The molecule has 5 rings (SSSR count). The second-order valence-corrected chi connectivity index (χ2v) is 8.74. The maximum absolute atomic E-state index is 12.6. The summed E-state index contributed by atoms with van der Waals surface area (Å²) in [6, 6.07) is 6.87. The number of carboxylic acids is 1. The molecule has 0 radical (unpaired) electrons. The Hall–Kier alpha value is -4.03. The van der Waals surface area contributed by atoms with Crippen molar-refractivity contribution in [2.45, 2.75) is 19.0 Å². The van der Waals surface area contributed by atoms with E-state index in [1.165, 1.54) is 6.20 Å². The zero-order valence-corrected chi connectivity index (χ0v) is 17.7. The van der Waals surface area contributed by atoms with E-state index < -0.39 is 28.8 Å². The second-order valence-electron chi connectivity index (χ2n) is 7.64. The molecule has 4 heterocycles. The minimum absolute atomic E-state index is 0.00445. The summed E-state index contributed by atoms with van der Waals surface area (Å²) >= 11 is 1.15. The number of amides is 1. The van der Waals surface area contributed by atoms with Crippen molar-refractivity contribution in [3.63, 3.8) is 0 Å². The summed E-state index contributed by atoms with van der Waals surface area (Å²) < 4.78 is 0.755. The highest BCUT2D eigenvalue weighted by molar-refractivity contribution is 7.16. The van der Waals surface area contributed by atoms with Crippen LogP contribution in [-0.4, -0.2) is 45.0 Å². The number of carbonyl (C=O) groups excluding carboxylic acids is 2. The zero-order valence-electron chi connectivity index (χ0n) is 16.9. The summed E-state index contributed by atoms with van der Waals surface area (Å²) in [7, 11) is 0. The molecule has 5 N–H and O–H groups in total. The Morgan fingerprint density at radius 3 is 2.67 bits per heavy atom. The number of para-hydroxylation sites is 1. The first-order valence-corrected chi connectivity index (χ1v) is 10.8. The number of fused-ring (bicyclic) bond motifs is 2. The molecular weight excluding hydrogens is 450 g/mol. The van der Waals surface area contributed by atoms with Crippen LogP contribution in [0.2, 0.25) is 0 Å². The van der Waals surface area contributed by atoms with Gasteiger partial charge in [0.05, 0.1) is 11.1 Å². The summed E-state index contributed by atoms with van der Waals surface area (Å²) in [5, 5.41) is 16.4. The lowest BCUT2D eigenvalue weighted by Crippen LogP contribution is -2.46. The molecule has 0 bridgehead atoms. The lowest BCUT2D eigenvalue weighted by molar-refractivity contribution is -0.117. The van der Waals surface area contributed by atoms with Gasteiger partial charge in [-0.05, 0) is 18.1 Å². The predicted octanol–water partition coefficient (Wildman–Crippen LogP) is 0.214. The van der Waals surface area contributed by atoms with Crippen LogP contribution in [0.25, 0.3) is 10.9 Å². The molecule has 3 aromatic heterocycles. The van der Waals surface area contributed by atoms with E-state index in [-0.39, 0.29) is 28.7 Å². The Labute approximate surface area is 188 Å². The topological polar surface area (TPSA) is 162 Å². The first-order valence-electron chi connectivity index (χ1n) is 10.00. The number of rotatable bonds is 7. The van der Waals surface area contributed by atoms with E-state index in [1.54, 1.807) is 12.1 Å². The Morgan fingerprint density at radius 2 is 1.94 bits per heavy atom. The van der Waals surface area contributed by atoms with Crippen molar-refractivity contribution in [3.8, 4) is 0 Å². The number of thiophene rings is 1. The van der Waals surface area contributed by atoms with E-state index in [0.717, 1.165) is 26.4 Å². The van der Waals surface area contributed by atoms with Gasteiger partial charge in [0.15, 0.2) is 0 Å². The van der Waals surface area contributed by atoms with Crippen molar-refractivity contribution in [2.24, 2.45) is 0 Å². The monoisotopic (exact) mass is 467 g/mol. The van der Waals surface area contributed by atoms with Crippen LogP contribution in [0, 0.1) is 0 Å². The van der Waals surface area contributed by atoms with E-state index in [1.807, 2.05) is 12.1 Å². The molecule has 12 heteroatoms. The van der Waals surface area contributed by atoms with Crippen molar-refractivity contribution in [1.82, 2.24) is 20.3 Å². The average Bonchev–Trinajstić information content (AvgIpc) is 3.17. The first kappa shape index (κ1) is 20.8. The molecule has 1 aromatic carbocycles. The van der Waals surface area contributed by atoms with Crippen LogP contribution in [0.15, 0.2) is 40.1 Å². The van der Waals surface area contributed by atoms with Crippen LogP contribution in [0.1, 0.15) is 31.2 Å². The number of ketones is 1. The molecule has 4 aromatic rings. The van der Waals surface area contributed by atoms with Crippen molar-refractivity contribution in [3.05, 3.63) is 72.7 Å². The van der Waals surface area contributed by atoms with Crippen LogP contribution in [0.3, 0.4) is 0 Å². The van der Waals surface area contributed by atoms with Gasteiger partial charge in [0.2, 0.25) is 0 Å². The molecule has 0 saturated heterocycles. The average molecular weight is 467 g/mol. The number of Topliss-reactive ketones (excluding diaryl/α,β-unsaturated/α-hetero) is 1. The SMILES string of the molecule is O=C(NCC1Cc2c(sc(Nn3c(=O)c3=O)c2C(=O)O)CN1)C(=O)c1c[nH]c2ccccc12. The fourth-order valence-corrected chi connectivity index (χ4v) is 5.05. The number of hydrogen-bond acceptors (Lipinski definition) is 8. The molecular formula is C21H17N5O6S. The Balaban J connectivity index is 1.28. The maximum Gasteiger partial charge on any atom is 0.340 e. The van der Waals surface area contributed by atoms with E-state index >= 15 is 0 Å². The smallest absolute Gasteiger partial charge is 0.340 e. The highest BCUT2D eigenvalue weighted by Crippen LogP contribution is 2.36. The van der Waals surface area contributed by atoms with Crippen LogP contribution in [-0.2, 0) is 17.8 Å². The number of anilines is 1. The van der Waals surface area contributed by atoms with Gasteiger partial charge in [0.1, 0.15) is 5.00 Å². The molecule has 1 aliphatic heterocycles. The molecule has 0 fully saturated rings. The third kappa shape index (κ3) is 3.64.